The molecule has 0 amide bonds. The van der Waals surface area contributed by atoms with Gasteiger partial charge in [-0.3, -0.25) is 0 Å². The monoisotopic (exact) mass is 476 g/mol. The first-order chi connectivity index (χ1) is 14.3. The zero-order valence-electron chi connectivity index (χ0n) is 22.1. The van der Waals surface area contributed by atoms with Crippen LogP contribution in [-0.2, 0) is 21.7 Å². The molecule has 0 bridgehead atoms. The molecule has 0 heterocycles. The maximum Gasteiger partial charge on any atom is 0.401 e. The van der Waals surface area contributed by atoms with Crippen LogP contribution in [0.5, 0.6) is 11.5 Å². The summed E-state index contributed by atoms with van der Waals surface area (Å²) in [6, 6.07) is 12.8. The molecule has 0 N–H and O–H groups in total. The van der Waals surface area contributed by atoms with E-state index in [9.17, 15) is 0 Å². The van der Waals surface area contributed by atoms with Crippen molar-refractivity contribution in [2.24, 2.45) is 0 Å². The molecule has 0 unspecified atom stereocenters. The van der Waals surface area contributed by atoms with Crippen LogP contribution in [-0.4, -0.2) is 0 Å². The van der Waals surface area contributed by atoms with Gasteiger partial charge in [-0.05, 0) is 56.2 Å². The Hall–Kier alpha value is -1.24. The first kappa shape index (κ1) is 27.0. The summed E-state index contributed by atoms with van der Waals surface area (Å²) in [5.74, 6) is 1.57. The Kier molecular flexibility index (Phi) is 7.75. The summed E-state index contributed by atoms with van der Waals surface area (Å²) in [6.45, 7) is 26.5. The van der Waals surface area contributed by atoms with Crippen molar-refractivity contribution in [2.45, 2.75) is 105 Å². The Bertz CT molecular complexity index is 860. The van der Waals surface area contributed by atoms with E-state index in [0.29, 0.717) is 0 Å². The first-order valence-corrected chi connectivity index (χ1v) is 13.5. The van der Waals surface area contributed by atoms with Crippen LogP contribution in [0.15, 0.2) is 36.4 Å². The van der Waals surface area contributed by atoms with E-state index in [1.807, 2.05) is 12.1 Å². The third-order valence-corrected chi connectivity index (χ3v) is 6.74. The molecule has 0 spiro atoms. The highest BCUT2D eigenvalue weighted by Gasteiger charge is 2.27. The smallest absolute Gasteiger partial charge is 0.401 e. The van der Waals surface area contributed by atoms with Gasteiger partial charge in [0.15, 0.2) is 0 Å². The molecule has 0 radical (unpaired) electrons. The molecule has 178 valence electrons. The number of halogens is 1. The molecule has 0 aromatic heterocycles. The standard InChI is InChI=1S/C28H42ClO2P/c1-25(2,3)19-13-15-23(21(17-19)27(7,8)9)30-32(29)31-24-16-14-20(26(4,5)6)18-22(24)28(10,11)12/h13-18H,1-12H3. The van der Waals surface area contributed by atoms with E-state index in [1.165, 1.54) is 11.1 Å². The van der Waals surface area contributed by atoms with Crippen molar-refractivity contribution in [2.75, 3.05) is 0 Å². The summed E-state index contributed by atoms with van der Waals surface area (Å²) < 4.78 is 12.4. The van der Waals surface area contributed by atoms with Crippen molar-refractivity contribution >= 4 is 19.0 Å². The van der Waals surface area contributed by atoms with Gasteiger partial charge in [-0.1, -0.05) is 107 Å². The van der Waals surface area contributed by atoms with Gasteiger partial charge < -0.3 is 9.05 Å². The topological polar surface area (TPSA) is 18.5 Å². The molecular weight excluding hydrogens is 435 g/mol. The first-order valence-electron chi connectivity index (χ1n) is 11.4. The molecule has 0 aliphatic carbocycles. The van der Waals surface area contributed by atoms with Crippen LogP contribution in [0.4, 0.5) is 0 Å². The van der Waals surface area contributed by atoms with Gasteiger partial charge in [0.05, 0.1) is 0 Å². The molecule has 4 heteroatoms. The molecule has 0 aliphatic rings. The third kappa shape index (κ3) is 6.88. The lowest BCUT2D eigenvalue weighted by atomic mass is 9.80. The third-order valence-electron chi connectivity index (χ3n) is 5.65. The SMILES string of the molecule is CC(C)(C)c1ccc(OP(Cl)Oc2ccc(C(C)(C)C)cc2C(C)(C)C)c(C(C)(C)C)c1. The Morgan fingerprint density at radius 3 is 1.09 bits per heavy atom. The predicted octanol–water partition coefficient (Wildman–Crippen LogP) is 9.80. The fourth-order valence-electron chi connectivity index (χ4n) is 3.50. The minimum absolute atomic E-state index is 0.0666. The molecule has 0 fully saturated rings. The zero-order chi connectivity index (χ0) is 24.7. The minimum atomic E-state index is -1.66. The fourth-order valence-corrected chi connectivity index (χ4v) is 4.61. The summed E-state index contributed by atoms with van der Waals surface area (Å²) in [6.07, 6.45) is 0. The van der Waals surface area contributed by atoms with Gasteiger partial charge in [0.25, 0.3) is 0 Å². The van der Waals surface area contributed by atoms with Crippen molar-refractivity contribution in [3.63, 3.8) is 0 Å². The van der Waals surface area contributed by atoms with Crippen LogP contribution in [0.1, 0.15) is 105 Å². The van der Waals surface area contributed by atoms with Gasteiger partial charge in [-0.15, -0.1) is 0 Å². The van der Waals surface area contributed by atoms with Crippen LogP contribution in [0.3, 0.4) is 0 Å². The lowest BCUT2D eigenvalue weighted by Crippen LogP contribution is -2.18. The second kappa shape index (κ2) is 9.19. The Balaban J connectivity index is 2.38. The Morgan fingerprint density at radius 1 is 0.531 bits per heavy atom. The van der Waals surface area contributed by atoms with E-state index in [4.69, 9.17) is 20.3 Å². The van der Waals surface area contributed by atoms with E-state index >= 15 is 0 Å². The van der Waals surface area contributed by atoms with E-state index in [-0.39, 0.29) is 21.7 Å². The van der Waals surface area contributed by atoms with Crippen molar-refractivity contribution in [3.05, 3.63) is 58.7 Å². The van der Waals surface area contributed by atoms with Gasteiger partial charge in [0.1, 0.15) is 11.5 Å². The number of hydrogen-bond donors (Lipinski definition) is 0. The average Bonchev–Trinajstić information content (AvgIpc) is 2.58. The normalized spacial score (nSPS) is 13.4. The molecule has 0 saturated heterocycles. The van der Waals surface area contributed by atoms with Crippen molar-refractivity contribution < 1.29 is 9.05 Å². The van der Waals surface area contributed by atoms with E-state index in [0.717, 1.165) is 22.6 Å². The van der Waals surface area contributed by atoms with Gasteiger partial charge in [-0.2, -0.15) is 0 Å². The van der Waals surface area contributed by atoms with Crippen molar-refractivity contribution in [3.8, 4) is 11.5 Å². The fraction of sp³-hybridized carbons (Fsp3) is 0.571. The molecule has 2 nitrogen and oxygen atoms in total. The summed E-state index contributed by atoms with van der Waals surface area (Å²) in [5.41, 5.74) is 4.82. The number of benzene rings is 2. The Morgan fingerprint density at radius 2 is 0.844 bits per heavy atom. The largest absolute Gasteiger partial charge is 0.427 e. The quantitative estimate of drug-likeness (QED) is 0.408. The molecular formula is C28H42ClO2P. The highest BCUT2D eigenvalue weighted by atomic mass is 35.7. The van der Waals surface area contributed by atoms with Crippen molar-refractivity contribution in [1.29, 1.82) is 0 Å². The molecule has 0 aliphatic heterocycles. The van der Waals surface area contributed by atoms with Gasteiger partial charge in [0.2, 0.25) is 0 Å². The molecule has 0 atom stereocenters. The summed E-state index contributed by atoms with van der Waals surface area (Å²) in [5, 5.41) is 0. The minimum Gasteiger partial charge on any atom is -0.427 e. The average molecular weight is 477 g/mol. The maximum atomic E-state index is 6.67. The highest BCUT2D eigenvalue weighted by molar-refractivity contribution is 7.76. The van der Waals surface area contributed by atoms with E-state index in [1.54, 1.807) is 0 Å². The molecule has 0 saturated carbocycles. The van der Waals surface area contributed by atoms with Crippen LogP contribution >= 0.6 is 19.0 Å². The van der Waals surface area contributed by atoms with Crippen LogP contribution < -0.4 is 9.05 Å². The van der Waals surface area contributed by atoms with Crippen LogP contribution in [0.25, 0.3) is 0 Å². The molecule has 2 aromatic rings. The van der Waals surface area contributed by atoms with Crippen molar-refractivity contribution in [1.82, 2.24) is 0 Å². The Labute approximate surface area is 202 Å². The number of rotatable bonds is 4. The number of hydrogen-bond acceptors (Lipinski definition) is 2. The van der Waals surface area contributed by atoms with Gasteiger partial charge in [0, 0.05) is 11.1 Å². The molecule has 32 heavy (non-hydrogen) atoms. The van der Waals surface area contributed by atoms with Gasteiger partial charge in [-0.25, -0.2) is 0 Å². The van der Waals surface area contributed by atoms with E-state index in [2.05, 4.69) is 107 Å². The second-order valence-electron chi connectivity index (χ2n) is 12.8. The van der Waals surface area contributed by atoms with Gasteiger partial charge >= 0.3 is 7.73 Å². The van der Waals surface area contributed by atoms with Crippen LogP contribution in [0, 0.1) is 0 Å². The maximum absolute atomic E-state index is 6.67. The van der Waals surface area contributed by atoms with E-state index < -0.39 is 7.73 Å². The highest BCUT2D eigenvalue weighted by Crippen LogP contribution is 2.50. The zero-order valence-corrected chi connectivity index (χ0v) is 23.8. The molecule has 2 rings (SSSR count). The summed E-state index contributed by atoms with van der Waals surface area (Å²) in [4.78, 5) is 0. The van der Waals surface area contributed by atoms with Crippen LogP contribution in [0.2, 0.25) is 0 Å². The summed E-state index contributed by atoms with van der Waals surface area (Å²) in [7, 11) is -1.66. The lowest BCUT2D eigenvalue weighted by molar-refractivity contribution is 0.471. The molecule has 2 aromatic carbocycles. The summed E-state index contributed by atoms with van der Waals surface area (Å²) >= 11 is 6.67. The second-order valence-corrected chi connectivity index (χ2v) is 14.4. The predicted molar refractivity (Wildman–Crippen MR) is 142 cm³/mol. The lowest BCUT2D eigenvalue weighted by Gasteiger charge is -2.29.